The number of nitrogens with one attached hydrogen (secondary N) is 1. The Hall–Kier alpha value is -1.30. The minimum absolute atomic E-state index is 0.290. The first-order chi connectivity index (χ1) is 11.3. The van der Waals surface area contributed by atoms with Crippen LogP contribution in [0.4, 0.5) is 11.4 Å². The summed E-state index contributed by atoms with van der Waals surface area (Å²) in [7, 11) is 0. The highest BCUT2D eigenvalue weighted by molar-refractivity contribution is 8.01. The van der Waals surface area contributed by atoms with Gasteiger partial charge in [0.25, 0.3) is 0 Å². The number of thioether (sulfide) groups is 2. The minimum Gasteiger partial charge on any atom is -0.346 e. The Balaban J connectivity index is 1.55. The summed E-state index contributed by atoms with van der Waals surface area (Å²) in [6.07, 6.45) is 0. The van der Waals surface area contributed by atoms with Crippen LogP contribution in [0.5, 0.6) is 0 Å². The van der Waals surface area contributed by atoms with E-state index in [2.05, 4.69) is 77.5 Å². The van der Waals surface area contributed by atoms with Gasteiger partial charge in [0.15, 0.2) is 0 Å². The standard InChI is InChI=1S/C18H21N3S2/c1-3-20-13-9-5-7-11-15(13)22-17(20)19-18-21(4-2)14-10-6-8-12-16(14)23-18/h5-12,17-19H,3-4H2,1-2H3. The number of benzene rings is 2. The van der Waals surface area contributed by atoms with E-state index in [0.29, 0.717) is 11.0 Å². The van der Waals surface area contributed by atoms with Crippen molar-refractivity contribution in [2.24, 2.45) is 0 Å². The van der Waals surface area contributed by atoms with Crippen LogP contribution in [-0.4, -0.2) is 24.1 Å². The number of rotatable bonds is 4. The molecule has 2 heterocycles. The maximum Gasteiger partial charge on any atom is 0.135 e. The molecule has 0 saturated carbocycles. The highest BCUT2D eigenvalue weighted by atomic mass is 32.2. The lowest BCUT2D eigenvalue weighted by Gasteiger charge is -2.32. The molecule has 0 aliphatic carbocycles. The van der Waals surface area contributed by atoms with E-state index in [0.717, 1.165) is 13.1 Å². The lowest BCUT2D eigenvalue weighted by Crippen LogP contribution is -2.50. The largest absolute Gasteiger partial charge is 0.346 e. The maximum atomic E-state index is 3.85. The van der Waals surface area contributed by atoms with Crippen LogP contribution >= 0.6 is 23.5 Å². The van der Waals surface area contributed by atoms with Crippen LogP contribution in [0, 0.1) is 0 Å². The summed E-state index contributed by atoms with van der Waals surface area (Å²) >= 11 is 3.84. The molecule has 120 valence electrons. The highest BCUT2D eigenvalue weighted by Crippen LogP contribution is 2.46. The van der Waals surface area contributed by atoms with Crippen molar-refractivity contribution in [2.45, 2.75) is 34.6 Å². The van der Waals surface area contributed by atoms with E-state index in [4.69, 9.17) is 0 Å². The Bertz CT molecular complexity index is 647. The Morgan fingerprint density at radius 2 is 1.22 bits per heavy atom. The summed E-state index contributed by atoms with van der Waals surface area (Å²) in [5.74, 6) is 0. The van der Waals surface area contributed by atoms with Crippen LogP contribution < -0.4 is 15.1 Å². The van der Waals surface area contributed by atoms with Crippen molar-refractivity contribution < 1.29 is 0 Å². The SMILES string of the molecule is CCN1c2ccccc2SC1NC1Sc2ccccc2N1CC. The van der Waals surface area contributed by atoms with E-state index >= 15 is 0 Å². The van der Waals surface area contributed by atoms with Gasteiger partial charge >= 0.3 is 0 Å². The lowest BCUT2D eigenvalue weighted by atomic mass is 10.3. The van der Waals surface area contributed by atoms with E-state index in [9.17, 15) is 0 Å². The molecule has 2 unspecified atom stereocenters. The Kier molecular flexibility index (Phi) is 4.18. The monoisotopic (exact) mass is 343 g/mol. The predicted molar refractivity (Wildman–Crippen MR) is 101 cm³/mol. The van der Waals surface area contributed by atoms with E-state index < -0.39 is 0 Å². The zero-order valence-corrected chi connectivity index (χ0v) is 15.0. The summed E-state index contributed by atoms with van der Waals surface area (Å²) in [4.78, 5) is 7.65. The molecule has 4 rings (SSSR count). The van der Waals surface area contributed by atoms with E-state index in [-0.39, 0.29) is 0 Å². The predicted octanol–water partition coefficient (Wildman–Crippen LogP) is 4.41. The van der Waals surface area contributed by atoms with Gasteiger partial charge in [-0.1, -0.05) is 47.8 Å². The Labute approximate surface area is 146 Å². The van der Waals surface area contributed by atoms with Crippen molar-refractivity contribution in [1.82, 2.24) is 5.32 Å². The van der Waals surface area contributed by atoms with Crippen LogP contribution in [-0.2, 0) is 0 Å². The van der Waals surface area contributed by atoms with Gasteiger partial charge in [-0.25, -0.2) is 0 Å². The van der Waals surface area contributed by atoms with Crippen molar-refractivity contribution in [3.63, 3.8) is 0 Å². The van der Waals surface area contributed by atoms with Gasteiger partial charge in [-0.3, -0.25) is 5.32 Å². The zero-order chi connectivity index (χ0) is 15.8. The molecule has 1 N–H and O–H groups in total. The molecule has 2 aromatic carbocycles. The molecule has 23 heavy (non-hydrogen) atoms. The maximum absolute atomic E-state index is 3.85. The summed E-state index contributed by atoms with van der Waals surface area (Å²) in [6, 6.07) is 17.4. The van der Waals surface area contributed by atoms with Gasteiger partial charge in [0.05, 0.1) is 11.4 Å². The molecule has 5 heteroatoms. The fourth-order valence-electron chi connectivity index (χ4n) is 3.25. The van der Waals surface area contributed by atoms with Gasteiger partial charge in [-0.05, 0) is 38.1 Å². The third-order valence-corrected chi connectivity index (χ3v) is 6.79. The average molecular weight is 344 g/mol. The second-order valence-corrected chi connectivity index (χ2v) is 7.86. The van der Waals surface area contributed by atoms with Gasteiger partial charge in [0.1, 0.15) is 11.0 Å². The van der Waals surface area contributed by atoms with Crippen molar-refractivity contribution in [3.05, 3.63) is 48.5 Å². The Morgan fingerprint density at radius 3 is 1.65 bits per heavy atom. The van der Waals surface area contributed by atoms with E-state index in [1.165, 1.54) is 21.2 Å². The first kappa shape index (κ1) is 15.2. The first-order valence-corrected chi connectivity index (χ1v) is 9.88. The van der Waals surface area contributed by atoms with Crippen molar-refractivity contribution >= 4 is 34.9 Å². The minimum atomic E-state index is 0.290. The van der Waals surface area contributed by atoms with Gasteiger partial charge in [0, 0.05) is 22.9 Å². The van der Waals surface area contributed by atoms with Crippen LogP contribution in [0.15, 0.2) is 58.3 Å². The quantitative estimate of drug-likeness (QED) is 0.884. The van der Waals surface area contributed by atoms with E-state index in [1.807, 2.05) is 23.5 Å². The first-order valence-electron chi connectivity index (χ1n) is 8.12. The smallest absolute Gasteiger partial charge is 0.135 e. The zero-order valence-electron chi connectivity index (χ0n) is 13.4. The molecule has 0 bridgehead atoms. The second kappa shape index (κ2) is 6.30. The third-order valence-electron chi connectivity index (χ3n) is 4.36. The molecule has 3 nitrogen and oxygen atoms in total. The van der Waals surface area contributed by atoms with E-state index in [1.54, 1.807) is 0 Å². The molecule has 0 spiro atoms. The molecule has 2 aliphatic rings. The molecule has 2 atom stereocenters. The normalized spacial score (nSPS) is 22.3. The van der Waals surface area contributed by atoms with Crippen LogP contribution in [0.1, 0.15) is 13.8 Å². The van der Waals surface area contributed by atoms with Crippen molar-refractivity contribution in [3.8, 4) is 0 Å². The highest BCUT2D eigenvalue weighted by Gasteiger charge is 2.35. The molecule has 2 aromatic rings. The van der Waals surface area contributed by atoms with Gasteiger partial charge in [0.2, 0.25) is 0 Å². The molecule has 0 radical (unpaired) electrons. The van der Waals surface area contributed by atoms with Crippen LogP contribution in [0.3, 0.4) is 0 Å². The molecule has 0 saturated heterocycles. The summed E-state index contributed by atoms with van der Waals surface area (Å²) in [6.45, 7) is 6.48. The fraction of sp³-hybridized carbons (Fsp3) is 0.333. The Morgan fingerprint density at radius 1 is 0.783 bits per heavy atom. The average Bonchev–Trinajstić information content (AvgIpc) is 3.11. The third kappa shape index (κ3) is 2.61. The number of nitrogens with zero attached hydrogens (tertiary/aromatic N) is 2. The number of para-hydroxylation sites is 2. The molecule has 0 fully saturated rings. The van der Waals surface area contributed by atoms with Crippen molar-refractivity contribution in [1.29, 1.82) is 0 Å². The van der Waals surface area contributed by atoms with Crippen molar-refractivity contribution in [2.75, 3.05) is 22.9 Å². The van der Waals surface area contributed by atoms with Crippen LogP contribution in [0.2, 0.25) is 0 Å². The summed E-state index contributed by atoms with van der Waals surface area (Å²) in [5.41, 5.74) is 3.28. The van der Waals surface area contributed by atoms with Gasteiger partial charge in [-0.15, -0.1) is 0 Å². The summed E-state index contributed by atoms with van der Waals surface area (Å²) < 4.78 is 0. The number of hydrogen-bond donors (Lipinski definition) is 1. The second-order valence-electron chi connectivity index (χ2n) is 5.61. The fourth-order valence-corrected chi connectivity index (χ4v) is 5.92. The number of hydrogen-bond acceptors (Lipinski definition) is 5. The molecule has 2 aliphatic heterocycles. The lowest BCUT2D eigenvalue weighted by molar-refractivity contribution is 0.579. The summed E-state index contributed by atoms with van der Waals surface area (Å²) in [5, 5.41) is 3.85. The van der Waals surface area contributed by atoms with Gasteiger partial charge < -0.3 is 9.80 Å². The molecular formula is C18H21N3S2. The molecule has 0 amide bonds. The van der Waals surface area contributed by atoms with Gasteiger partial charge in [-0.2, -0.15) is 0 Å². The van der Waals surface area contributed by atoms with Crippen LogP contribution in [0.25, 0.3) is 0 Å². The number of anilines is 2. The molecule has 0 aromatic heterocycles. The number of fused-ring (bicyclic) bond motifs is 2. The molecular weight excluding hydrogens is 322 g/mol. The topological polar surface area (TPSA) is 18.5 Å².